The van der Waals surface area contributed by atoms with Gasteiger partial charge >= 0.3 is 0 Å². The first-order chi connectivity index (χ1) is 24.9. The van der Waals surface area contributed by atoms with Gasteiger partial charge in [-0.1, -0.05) is 85.2 Å². The summed E-state index contributed by atoms with van der Waals surface area (Å²) in [6.45, 7) is 20.8. The molecule has 1 aliphatic carbocycles. The summed E-state index contributed by atoms with van der Waals surface area (Å²) in [5.74, 6) is 4.32. The maximum Gasteiger partial charge on any atom is 0.140 e. The van der Waals surface area contributed by atoms with Crippen molar-refractivity contribution in [2.75, 3.05) is 0 Å². The van der Waals surface area contributed by atoms with E-state index in [1.165, 1.54) is 52.8 Å². The van der Waals surface area contributed by atoms with Crippen molar-refractivity contribution in [3.63, 3.8) is 0 Å². The number of aryl methyl sites for hydroxylation is 1. The Morgan fingerprint density at radius 2 is 1.62 bits per heavy atom. The summed E-state index contributed by atoms with van der Waals surface area (Å²) in [4.78, 5) is 4.55. The topological polar surface area (TPSA) is 44.9 Å². The molecule has 6 aromatic rings. The Labute approximate surface area is 308 Å². The first kappa shape index (κ1) is 35.7. The lowest BCUT2D eigenvalue weighted by Gasteiger charge is -2.33. The fourth-order valence-electron chi connectivity index (χ4n) is 8.60. The molecule has 270 valence electrons. The van der Waals surface area contributed by atoms with Gasteiger partial charge in [0.2, 0.25) is 0 Å². The summed E-state index contributed by atoms with van der Waals surface area (Å²) in [6.07, 6.45) is 7.20. The maximum absolute atomic E-state index is 14.5. The van der Waals surface area contributed by atoms with Crippen LogP contribution in [0.5, 0.6) is 11.5 Å². The first-order valence-corrected chi connectivity index (χ1v) is 19.2. The molecule has 3 atom stereocenters. The van der Waals surface area contributed by atoms with Gasteiger partial charge in [0.05, 0.1) is 28.1 Å². The van der Waals surface area contributed by atoms with Gasteiger partial charge in [-0.25, -0.2) is 14.1 Å². The standard InChI is InChI=1S/C46H53FN4O/c1-27(2)14-15-33-22-35(51-46(29(5)6)44(45(49-51)28(3)4)43-31(8)20-30(7)21-32(43)9)25-37(23-33)52-36-16-17-39-38-12-10-11-13-40(38)50(41(39)26-36)42-24-34(47)18-19-48-42/h10-13,16-20,22-30,32,43H,14-15,21H2,1-9H3/t30-,32-,43?/m0/s1. The summed E-state index contributed by atoms with van der Waals surface area (Å²) >= 11 is 0. The molecule has 0 saturated heterocycles. The van der Waals surface area contributed by atoms with Crippen LogP contribution in [0.3, 0.4) is 0 Å². The second kappa shape index (κ2) is 14.4. The number of para-hydroxylation sites is 1. The van der Waals surface area contributed by atoms with Gasteiger partial charge in [-0.3, -0.25) is 4.57 Å². The molecule has 0 radical (unpaired) electrons. The van der Waals surface area contributed by atoms with Crippen LogP contribution in [0.1, 0.15) is 115 Å². The normalized spacial score (nSPS) is 17.9. The van der Waals surface area contributed by atoms with Crippen molar-refractivity contribution in [3.05, 3.63) is 119 Å². The van der Waals surface area contributed by atoms with Gasteiger partial charge in [-0.15, -0.1) is 0 Å². The molecule has 0 bridgehead atoms. The van der Waals surface area contributed by atoms with E-state index in [1.807, 2.05) is 28.8 Å². The monoisotopic (exact) mass is 696 g/mol. The molecule has 0 N–H and O–H groups in total. The quantitative estimate of drug-likeness (QED) is 0.134. The van der Waals surface area contributed by atoms with Crippen LogP contribution in [-0.2, 0) is 6.42 Å². The molecule has 52 heavy (non-hydrogen) atoms. The molecule has 1 aliphatic rings. The summed E-state index contributed by atoms with van der Waals surface area (Å²) < 4.78 is 25.5. The minimum absolute atomic E-state index is 0.277. The third kappa shape index (κ3) is 6.80. The van der Waals surface area contributed by atoms with Gasteiger partial charge in [0.1, 0.15) is 23.1 Å². The van der Waals surface area contributed by atoms with Crippen molar-refractivity contribution in [1.82, 2.24) is 19.3 Å². The lowest BCUT2D eigenvalue weighted by atomic mass is 9.71. The van der Waals surface area contributed by atoms with Crippen molar-refractivity contribution in [3.8, 4) is 23.0 Å². The van der Waals surface area contributed by atoms with Crippen molar-refractivity contribution >= 4 is 21.8 Å². The fourth-order valence-corrected chi connectivity index (χ4v) is 8.60. The third-order valence-corrected chi connectivity index (χ3v) is 10.8. The van der Waals surface area contributed by atoms with Gasteiger partial charge in [-0.05, 0) is 97.7 Å². The highest BCUT2D eigenvalue weighted by Crippen LogP contribution is 2.46. The number of ether oxygens (including phenoxy) is 1. The number of rotatable bonds is 10. The van der Waals surface area contributed by atoms with Crippen LogP contribution in [0.4, 0.5) is 4.39 Å². The van der Waals surface area contributed by atoms with Crippen LogP contribution in [-0.4, -0.2) is 19.3 Å². The Balaban J connectivity index is 1.37. The zero-order valence-electron chi connectivity index (χ0n) is 32.2. The van der Waals surface area contributed by atoms with Crippen LogP contribution in [0.2, 0.25) is 0 Å². The number of allylic oxidation sites excluding steroid dienone is 2. The number of aromatic nitrogens is 4. The average Bonchev–Trinajstić information content (AvgIpc) is 3.64. The molecular formula is C46H53FN4O. The predicted molar refractivity (Wildman–Crippen MR) is 213 cm³/mol. The van der Waals surface area contributed by atoms with E-state index in [9.17, 15) is 4.39 Å². The summed E-state index contributed by atoms with van der Waals surface area (Å²) in [7, 11) is 0. The highest BCUT2D eigenvalue weighted by atomic mass is 19.1. The lowest BCUT2D eigenvalue weighted by Crippen LogP contribution is -2.21. The molecule has 3 heterocycles. The van der Waals surface area contributed by atoms with Gasteiger partial charge < -0.3 is 4.74 Å². The number of hydrogen-bond donors (Lipinski definition) is 0. The molecule has 3 aromatic heterocycles. The molecular weight excluding hydrogens is 644 g/mol. The minimum Gasteiger partial charge on any atom is -0.457 e. The second-order valence-corrected chi connectivity index (χ2v) is 16.2. The Morgan fingerprint density at radius 3 is 2.33 bits per heavy atom. The SMILES string of the molecule is CC1=C[C@H](C)C[C@H](C)C1c1c(C(C)C)nn(-c2cc(CCC(C)C)cc(Oc3ccc4c5ccccc5n(-c5cc(F)ccn5)c4c3)c2)c1C(C)C. The highest BCUT2D eigenvalue weighted by molar-refractivity contribution is 6.09. The van der Waals surface area contributed by atoms with E-state index >= 15 is 0 Å². The van der Waals surface area contributed by atoms with Gasteiger partial charge in [0.25, 0.3) is 0 Å². The molecule has 3 aromatic carbocycles. The molecule has 0 amide bonds. The lowest BCUT2D eigenvalue weighted by molar-refractivity contribution is 0.388. The predicted octanol–water partition coefficient (Wildman–Crippen LogP) is 12.8. The van der Waals surface area contributed by atoms with E-state index in [1.54, 1.807) is 0 Å². The Kier molecular flexibility index (Phi) is 9.86. The van der Waals surface area contributed by atoms with Crippen LogP contribution >= 0.6 is 0 Å². The third-order valence-electron chi connectivity index (χ3n) is 10.8. The van der Waals surface area contributed by atoms with Crippen LogP contribution in [0.25, 0.3) is 33.3 Å². The number of benzene rings is 3. The molecule has 0 spiro atoms. The van der Waals surface area contributed by atoms with Crippen LogP contribution < -0.4 is 4.74 Å². The van der Waals surface area contributed by atoms with Crippen molar-refractivity contribution in [2.24, 2.45) is 17.8 Å². The highest BCUT2D eigenvalue weighted by Gasteiger charge is 2.35. The van der Waals surface area contributed by atoms with E-state index in [4.69, 9.17) is 9.84 Å². The second-order valence-electron chi connectivity index (χ2n) is 16.2. The van der Waals surface area contributed by atoms with Crippen molar-refractivity contribution in [1.29, 1.82) is 0 Å². The number of pyridine rings is 1. The van der Waals surface area contributed by atoms with Crippen molar-refractivity contribution < 1.29 is 9.13 Å². The average molecular weight is 697 g/mol. The van der Waals surface area contributed by atoms with E-state index in [-0.39, 0.29) is 11.7 Å². The van der Waals surface area contributed by atoms with Crippen LogP contribution in [0.15, 0.2) is 90.6 Å². The van der Waals surface area contributed by atoms with Crippen molar-refractivity contribution in [2.45, 2.75) is 99.3 Å². The number of halogens is 1. The van der Waals surface area contributed by atoms with E-state index in [2.05, 4.69) is 114 Å². The van der Waals surface area contributed by atoms with Gasteiger partial charge in [0.15, 0.2) is 0 Å². The summed E-state index contributed by atoms with van der Waals surface area (Å²) in [5.41, 5.74) is 9.51. The zero-order chi connectivity index (χ0) is 36.8. The smallest absolute Gasteiger partial charge is 0.140 e. The van der Waals surface area contributed by atoms with E-state index in [0.717, 1.165) is 46.1 Å². The fraction of sp³-hybridized carbons (Fsp3) is 0.391. The Morgan fingerprint density at radius 1 is 0.846 bits per heavy atom. The maximum atomic E-state index is 14.5. The minimum atomic E-state index is -0.323. The first-order valence-electron chi connectivity index (χ1n) is 19.2. The molecule has 0 aliphatic heterocycles. The van der Waals surface area contributed by atoms with Gasteiger partial charge in [-0.2, -0.15) is 5.10 Å². The number of fused-ring (bicyclic) bond motifs is 3. The van der Waals surface area contributed by atoms with E-state index in [0.29, 0.717) is 41.2 Å². The molecule has 6 heteroatoms. The Bertz CT molecular complexity index is 2270. The molecule has 0 saturated carbocycles. The summed E-state index contributed by atoms with van der Waals surface area (Å²) in [5, 5.41) is 7.60. The largest absolute Gasteiger partial charge is 0.457 e. The van der Waals surface area contributed by atoms with Crippen LogP contribution in [0, 0.1) is 23.6 Å². The molecule has 1 unspecified atom stereocenters. The zero-order valence-corrected chi connectivity index (χ0v) is 32.2. The number of hydrogen-bond acceptors (Lipinski definition) is 3. The van der Waals surface area contributed by atoms with E-state index < -0.39 is 0 Å². The van der Waals surface area contributed by atoms with Gasteiger partial charge in [0, 0.05) is 46.6 Å². The molecule has 0 fully saturated rings. The molecule has 5 nitrogen and oxygen atoms in total. The molecule has 7 rings (SSSR count). The Hall–Kier alpha value is -4.71. The number of nitrogens with zero attached hydrogens (tertiary/aromatic N) is 4. The summed E-state index contributed by atoms with van der Waals surface area (Å²) in [6, 6.07) is 23.9.